The Hall–Kier alpha value is -2.66. The van der Waals surface area contributed by atoms with Crippen LogP contribution in [0, 0.1) is 6.92 Å². The first-order chi connectivity index (χ1) is 12.7. The van der Waals surface area contributed by atoms with Crippen LogP contribution in [-0.2, 0) is 17.8 Å². The lowest BCUT2D eigenvalue weighted by molar-refractivity contribution is -0.132. The second-order valence-corrected chi connectivity index (χ2v) is 6.85. The van der Waals surface area contributed by atoms with Gasteiger partial charge >= 0.3 is 0 Å². The zero-order valence-corrected chi connectivity index (χ0v) is 15.0. The second kappa shape index (κ2) is 7.30. The third-order valence-electron chi connectivity index (χ3n) is 4.89. The minimum atomic E-state index is 0.181. The normalized spacial score (nSPS) is 15.5. The predicted octanol–water partition coefficient (Wildman–Crippen LogP) is 3.02. The lowest BCUT2D eigenvalue weighted by Crippen LogP contribution is -2.48. The Morgan fingerprint density at radius 2 is 1.81 bits per heavy atom. The molecule has 2 heterocycles. The van der Waals surface area contributed by atoms with E-state index in [4.69, 9.17) is 4.42 Å². The Kier molecular flexibility index (Phi) is 4.71. The molecule has 0 spiro atoms. The Morgan fingerprint density at radius 3 is 2.58 bits per heavy atom. The molecule has 1 fully saturated rings. The van der Waals surface area contributed by atoms with Crippen molar-refractivity contribution in [1.82, 2.24) is 14.8 Å². The molecule has 134 valence electrons. The SMILES string of the molecule is Cc1nc2ccc(CC(=O)N3CCN(Cc4ccccc4)CC3)cc2o1. The first kappa shape index (κ1) is 16.8. The van der Waals surface area contributed by atoms with Gasteiger partial charge in [-0.15, -0.1) is 0 Å². The molecule has 0 saturated carbocycles. The molecular formula is C21H23N3O2. The monoisotopic (exact) mass is 349 g/mol. The maximum Gasteiger partial charge on any atom is 0.227 e. The van der Waals surface area contributed by atoms with Gasteiger partial charge in [0, 0.05) is 39.6 Å². The number of rotatable bonds is 4. The van der Waals surface area contributed by atoms with Gasteiger partial charge in [-0.05, 0) is 23.3 Å². The molecule has 0 aliphatic carbocycles. The van der Waals surface area contributed by atoms with Gasteiger partial charge in [-0.3, -0.25) is 9.69 Å². The highest BCUT2D eigenvalue weighted by Gasteiger charge is 2.21. The molecule has 4 rings (SSSR count). The Labute approximate surface area is 153 Å². The summed E-state index contributed by atoms with van der Waals surface area (Å²) >= 11 is 0. The quantitative estimate of drug-likeness (QED) is 0.726. The minimum Gasteiger partial charge on any atom is -0.441 e. The van der Waals surface area contributed by atoms with E-state index in [2.05, 4.69) is 34.1 Å². The van der Waals surface area contributed by atoms with Crippen LogP contribution in [0.25, 0.3) is 11.1 Å². The van der Waals surface area contributed by atoms with Crippen molar-refractivity contribution in [2.75, 3.05) is 26.2 Å². The summed E-state index contributed by atoms with van der Waals surface area (Å²) in [5.74, 6) is 0.831. The van der Waals surface area contributed by atoms with E-state index in [0.717, 1.165) is 49.4 Å². The Bertz CT molecular complexity index is 896. The molecule has 1 aliphatic heterocycles. The highest BCUT2D eigenvalue weighted by Crippen LogP contribution is 2.18. The molecule has 0 radical (unpaired) electrons. The summed E-state index contributed by atoms with van der Waals surface area (Å²) in [6, 6.07) is 16.3. The molecule has 1 amide bonds. The molecular weight excluding hydrogens is 326 g/mol. The molecule has 26 heavy (non-hydrogen) atoms. The average Bonchev–Trinajstić information content (AvgIpc) is 3.02. The number of fused-ring (bicyclic) bond motifs is 1. The van der Waals surface area contributed by atoms with Gasteiger partial charge in [-0.2, -0.15) is 0 Å². The summed E-state index contributed by atoms with van der Waals surface area (Å²) in [6.07, 6.45) is 0.411. The molecule has 1 aromatic heterocycles. The van der Waals surface area contributed by atoms with Gasteiger partial charge in [0.1, 0.15) is 5.52 Å². The molecule has 1 saturated heterocycles. The number of oxazole rings is 1. The van der Waals surface area contributed by atoms with E-state index < -0.39 is 0 Å². The maximum absolute atomic E-state index is 12.6. The summed E-state index contributed by atoms with van der Waals surface area (Å²) in [4.78, 5) is 21.3. The van der Waals surface area contributed by atoms with Crippen molar-refractivity contribution in [3.63, 3.8) is 0 Å². The fraction of sp³-hybridized carbons (Fsp3) is 0.333. The van der Waals surface area contributed by atoms with Crippen molar-refractivity contribution in [3.05, 3.63) is 65.5 Å². The van der Waals surface area contributed by atoms with Gasteiger partial charge in [-0.25, -0.2) is 4.98 Å². The molecule has 2 aromatic carbocycles. The smallest absolute Gasteiger partial charge is 0.227 e. The minimum absolute atomic E-state index is 0.181. The number of piperazine rings is 1. The molecule has 0 atom stereocenters. The van der Waals surface area contributed by atoms with Crippen LogP contribution in [0.1, 0.15) is 17.0 Å². The maximum atomic E-state index is 12.6. The number of hydrogen-bond acceptors (Lipinski definition) is 4. The Morgan fingerprint density at radius 1 is 1.04 bits per heavy atom. The van der Waals surface area contributed by atoms with E-state index in [0.29, 0.717) is 12.3 Å². The molecule has 5 heteroatoms. The number of aryl methyl sites for hydroxylation is 1. The van der Waals surface area contributed by atoms with Crippen LogP contribution in [-0.4, -0.2) is 46.9 Å². The summed E-state index contributed by atoms with van der Waals surface area (Å²) in [5, 5.41) is 0. The van der Waals surface area contributed by atoms with Crippen LogP contribution in [0.3, 0.4) is 0 Å². The standard InChI is InChI=1S/C21H23N3O2/c1-16-22-19-8-7-18(13-20(19)26-16)14-21(25)24-11-9-23(10-12-24)15-17-5-3-2-4-6-17/h2-8,13H,9-12,14-15H2,1H3. The van der Waals surface area contributed by atoms with Gasteiger partial charge in [0.2, 0.25) is 5.91 Å². The zero-order valence-electron chi connectivity index (χ0n) is 15.0. The first-order valence-corrected chi connectivity index (χ1v) is 9.07. The molecule has 0 N–H and O–H groups in total. The lowest BCUT2D eigenvalue weighted by atomic mass is 10.1. The number of aromatic nitrogens is 1. The van der Waals surface area contributed by atoms with Crippen LogP contribution < -0.4 is 0 Å². The van der Waals surface area contributed by atoms with Crippen molar-refractivity contribution in [2.45, 2.75) is 19.9 Å². The van der Waals surface area contributed by atoms with E-state index in [9.17, 15) is 4.79 Å². The van der Waals surface area contributed by atoms with Gasteiger partial charge in [0.15, 0.2) is 11.5 Å². The van der Waals surface area contributed by atoms with Gasteiger partial charge < -0.3 is 9.32 Å². The number of nitrogens with zero attached hydrogens (tertiary/aromatic N) is 3. The largest absolute Gasteiger partial charge is 0.441 e. The summed E-state index contributed by atoms with van der Waals surface area (Å²) in [6.45, 7) is 6.19. The highest BCUT2D eigenvalue weighted by molar-refractivity contribution is 5.81. The van der Waals surface area contributed by atoms with Gasteiger partial charge in [-0.1, -0.05) is 36.4 Å². The molecule has 3 aromatic rings. The third kappa shape index (κ3) is 3.78. The van der Waals surface area contributed by atoms with Crippen LogP contribution in [0.4, 0.5) is 0 Å². The van der Waals surface area contributed by atoms with E-state index in [1.165, 1.54) is 5.56 Å². The third-order valence-corrected chi connectivity index (χ3v) is 4.89. The van der Waals surface area contributed by atoms with E-state index in [1.807, 2.05) is 36.1 Å². The van der Waals surface area contributed by atoms with Crippen molar-refractivity contribution in [2.24, 2.45) is 0 Å². The number of benzene rings is 2. The number of hydrogen-bond donors (Lipinski definition) is 0. The van der Waals surface area contributed by atoms with Crippen LogP contribution in [0.2, 0.25) is 0 Å². The second-order valence-electron chi connectivity index (χ2n) is 6.85. The van der Waals surface area contributed by atoms with Crippen LogP contribution in [0.15, 0.2) is 52.9 Å². The molecule has 1 aliphatic rings. The zero-order chi connectivity index (χ0) is 17.9. The number of carbonyl (C=O) groups excluding carboxylic acids is 1. The number of amides is 1. The van der Waals surface area contributed by atoms with Gasteiger partial charge in [0.25, 0.3) is 0 Å². The average molecular weight is 349 g/mol. The molecule has 0 unspecified atom stereocenters. The summed E-state index contributed by atoms with van der Waals surface area (Å²) < 4.78 is 5.56. The molecule has 5 nitrogen and oxygen atoms in total. The van der Waals surface area contributed by atoms with Gasteiger partial charge in [0.05, 0.1) is 6.42 Å². The lowest BCUT2D eigenvalue weighted by Gasteiger charge is -2.34. The Balaban J connectivity index is 1.32. The van der Waals surface area contributed by atoms with E-state index >= 15 is 0 Å². The predicted molar refractivity (Wildman–Crippen MR) is 101 cm³/mol. The van der Waals surface area contributed by atoms with E-state index in [-0.39, 0.29) is 5.91 Å². The van der Waals surface area contributed by atoms with Crippen molar-refractivity contribution in [3.8, 4) is 0 Å². The van der Waals surface area contributed by atoms with E-state index in [1.54, 1.807) is 0 Å². The van der Waals surface area contributed by atoms with Crippen LogP contribution >= 0.6 is 0 Å². The highest BCUT2D eigenvalue weighted by atomic mass is 16.3. The van der Waals surface area contributed by atoms with Crippen LogP contribution in [0.5, 0.6) is 0 Å². The summed E-state index contributed by atoms with van der Waals surface area (Å²) in [7, 11) is 0. The fourth-order valence-corrected chi connectivity index (χ4v) is 3.48. The molecule has 0 bridgehead atoms. The topological polar surface area (TPSA) is 49.6 Å². The fourth-order valence-electron chi connectivity index (χ4n) is 3.48. The van der Waals surface area contributed by atoms with Crippen molar-refractivity contribution < 1.29 is 9.21 Å². The summed E-state index contributed by atoms with van der Waals surface area (Å²) in [5.41, 5.74) is 3.89. The number of carbonyl (C=O) groups is 1. The van der Waals surface area contributed by atoms with Crippen molar-refractivity contribution >= 4 is 17.0 Å². The first-order valence-electron chi connectivity index (χ1n) is 9.07. The van der Waals surface area contributed by atoms with Crippen molar-refractivity contribution in [1.29, 1.82) is 0 Å².